The third-order valence-corrected chi connectivity index (χ3v) is 5.66. The number of carbonyl (C=O) groups excluding carboxylic acids is 2. The fraction of sp³-hybridized carbons (Fsp3) is 0.231. The van der Waals surface area contributed by atoms with Crippen LogP contribution < -0.4 is 15.0 Å². The van der Waals surface area contributed by atoms with Crippen LogP contribution >= 0.6 is 0 Å². The Hall–Kier alpha value is -3.80. The largest absolute Gasteiger partial charge is 0.496 e. The highest BCUT2D eigenvalue weighted by molar-refractivity contribution is 6.04. The quantitative estimate of drug-likeness (QED) is 0.647. The topological polar surface area (TPSA) is 61.9 Å². The minimum atomic E-state index is -0.191. The van der Waals surface area contributed by atoms with E-state index in [-0.39, 0.29) is 18.2 Å². The molecule has 0 spiro atoms. The second-order valence-corrected chi connectivity index (χ2v) is 7.70. The van der Waals surface area contributed by atoms with E-state index in [1.807, 2.05) is 59.5 Å². The number of nitrogens with zero attached hydrogens (tertiary/aromatic N) is 2. The molecule has 1 aliphatic heterocycles. The summed E-state index contributed by atoms with van der Waals surface area (Å²) in [6.07, 6.45) is 0.169. The summed E-state index contributed by atoms with van der Waals surface area (Å²) >= 11 is 0. The van der Waals surface area contributed by atoms with E-state index in [1.54, 1.807) is 19.2 Å². The van der Waals surface area contributed by atoms with Crippen molar-refractivity contribution >= 4 is 23.2 Å². The van der Waals surface area contributed by atoms with Crippen LogP contribution in [-0.4, -0.2) is 50.0 Å². The highest BCUT2D eigenvalue weighted by Crippen LogP contribution is 2.22. The number of para-hydroxylation sites is 3. The monoisotopic (exact) mass is 429 g/mol. The minimum Gasteiger partial charge on any atom is -0.496 e. The number of nitrogens with one attached hydrogen (secondary N) is 1. The number of ether oxygens (including phenoxy) is 1. The van der Waals surface area contributed by atoms with Gasteiger partial charge < -0.3 is 19.9 Å². The number of carbonyl (C=O) groups is 2. The number of piperazine rings is 1. The first kappa shape index (κ1) is 21.4. The Morgan fingerprint density at radius 3 is 2.25 bits per heavy atom. The normalized spacial score (nSPS) is 13.5. The molecule has 1 saturated heterocycles. The highest BCUT2D eigenvalue weighted by atomic mass is 16.5. The van der Waals surface area contributed by atoms with E-state index in [9.17, 15) is 9.59 Å². The maximum atomic E-state index is 13.2. The smallest absolute Gasteiger partial charge is 0.256 e. The summed E-state index contributed by atoms with van der Waals surface area (Å²) in [5.41, 5.74) is 3.01. The van der Waals surface area contributed by atoms with Gasteiger partial charge in [-0.3, -0.25) is 9.59 Å². The molecule has 0 unspecified atom stereocenters. The SMILES string of the molecule is COc1ccccc1CC(=O)Nc1ccccc1C(=O)N1CCN(c2ccccc2)CC1. The third-order valence-electron chi connectivity index (χ3n) is 5.66. The second-order valence-electron chi connectivity index (χ2n) is 7.70. The first-order valence-corrected chi connectivity index (χ1v) is 10.8. The lowest BCUT2D eigenvalue weighted by atomic mass is 10.1. The van der Waals surface area contributed by atoms with Crippen molar-refractivity contribution in [2.75, 3.05) is 43.5 Å². The van der Waals surface area contributed by atoms with Crippen LogP contribution in [0.5, 0.6) is 5.75 Å². The summed E-state index contributed by atoms with van der Waals surface area (Å²) in [5, 5.41) is 2.91. The number of hydrogen-bond donors (Lipinski definition) is 1. The fourth-order valence-corrected chi connectivity index (χ4v) is 3.97. The molecule has 0 saturated carbocycles. The standard InChI is InChI=1S/C26H27N3O3/c1-32-24-14-8-5-9-20(24)19-25(30)27-23-13-7-6-12-22(23)26(31)29-17-15-28(16-18-29)21-10-3-2-4-11-21/h2-14H,15-19H2,1H3,(H,27,30). The summed E-state index contributed by atoms with van der Waals surface area (Å²) in [6, 6.07) is 24.8. The van der Waals surface area contributed by atoms with E-state index in [1.165, 1.54) is 5.69 Å². The Bertz CT molecular complexity index is 1080. The van der Waals surface area contributed by atoms with Gasteiger partial charge in [-0.15, -0.1) is 0 Å². The lowest BCUT2D eigenvalue weighted by Gasteiger charge is -2.36. The van der Waals surface area contributed by atoms with E-state index >= 15 is 0 Å². The van der Waals surface area contributed by atoms with Crippen molar-refractivity contribution in [2.24, 2.45) is 0 Å². The Morgan fingerprint density at radius 2 is 1.50 bits per heavy atom. The van der Waals surface area contributed by atoms with Crippen LogP contribution in [0.4, 0.5) is 11.4 Å². The third kappa shape index (κ3) is 4.91. The van der Waals surface area contributed by atoms with Gasteiger partial charge in [-0.25, -0.2) is 0 Å². The lowest BCUT2D eigenvalue weighted by Crippen LogP contribution is -2.48. The molecule has 0 aromatic heterocycles. The predicted molar refractivity (Wildman–Crippen MR) is 126 cm³/mol. The first-order valence-electron chi connectivity index (χ1n) is 10.8. The molecule has 4 rings (SSSR count). The molecule has 0 bridgehead atoms. The lowest BCUT2D eigenvalue weighted by molar-refractivity contribution is -0.115. The van der Waals surface area contributed by atoms with E-state index in [4.69, 9.17) is 4.74 Å². The summed E-state index contributed by atoms with van der Waals surface area (Å²) in [7, 11) is 1.59. The Kier molecular flexibility index (Phi) is 6.70. The Morgan fingerprint density at radius 1 is 0.844 bits per heavy atom. The molecule has 0 aliphatic carbocycles. The van der Waals surface area contributed by atoms with E-state index in [0.29, 0.717) is 30.1 Å². The molecule has 1 fully saturated rings. The van der Waals surface area contributed by atoms with Crippen LogP contribution in [0, 0.1) is 0 Å². The zero-order chi connectivity index (χ0) is 22.3. The van der Waals surface area contributed by atoms with Crippen LogP contribution in [-0.2, 0) is 11.2 Å². The second kappa shape index (κ2) is 10.0. The number of hydrogen-bond acceptors (Lipinski definition) is 4. The van der Waals surface area contributed by atoms with E-state index in [0.717, 1.165) is 18.7 Å². The van der Waals surface area contributed by atoms with Gasteiger partial charge in [0.25, 0.3) is 5.91 Å². The summed E-state index contributed by atoms with van der Waals surface area (Å²) < 4.78 is 5.33. The molecular weight excluding hydrogens is 402 g/mol. The Labute approximate surface area is 188 Å². The molecular formula is C26H27N3O3. The zero-order valence-corrected chi connectivity index (χ0v) is 18.2. The van der Waals surface area contributed by atoms with Gasteiger partial charge in [-0.2, -0.15) is 0 Å². The maximum absolute atomic E-state index is 13.2. The van der Waals surface area contributed by atoms with Gasteiger partial charge in [0, 0.05) is 37.4 Å². The van der Waals surface area contributed by atoms with E-state index in [2.05, 4.69) is 22.3 Å². The van der Waals surface area contributed by atoms with Crippen molar-refractivity contribution in [3.05, 3.63) is 90.0 Å². The number of methoxy groups -OCH3 is 1. The van der Waals surface area contributed by atoms with Gasteiger partial charge in [-0.1, -0.05) is 48.5 Å². The molecule has 3 aromatic carbocycles. The van der Waals surface area contributed by atoms with Crippen LogP contribution in [0.1, 0.15) is 15.9 Å². The van der Waals surface area contributed by atoms with E-state index < -0.39 is 0 Å². The van der Waals surface area contributed by atoms with Gasteiger partial charge >= 0.3 is 0 Å². The molecule has 1 N–H and O–H groups in total. The van der Waals surface area contributed by atoms with Crippen LogP contribution in [0.3, 0.4) is 0 Å². The summed E-state index contributed by atoms with van der Waals surface area (Å²) in [5.74, 6) is 0.415. The molecule has 1 heterocycles. The number of amides is 2. The van der Waals surface area contributed by atoms with Crippen molar-refractivity contribution < 1.29 is 14.3 Å². The maximum Gasteiger partial charge on any atom is 0.256 e. The number of rotatable bonds is 6. The molecule has 164 valence electrons. The molecule has 0 radical (unpaired) electrons. The predicted octanol–water partition coefficient (Wildman–Crippen LogP) is 3.84. The zero-order valence-electron chi connectivity index (χ0n) is 18.2. The summed E-state index contributed by atoms with van der Waals surface area (Å²) in [6.45, 7) is 2.82. The fourth-order valence-electron chi connectivity index (χ4n) is 3.97. The molecule has 6 nitrogen and oxygen atoms in total. The minimum absolute atomic E-state index is 0.0640. The first-order chi connectivity index (χ1) is 15.7. The molecule has 1 aliphatic rings. The van der Waals surface area contributed by atoms with Crippen LogP contribution in [0.25, 0.3) is 0 Å². The summed E-state index contributed by atoms with van der Waals surface area (Å²) in [4.78, 5) is 30.1. The van der Waals surface area contributed by atoms with Gasteiger partial charge in [0.05, 0.1) is 24.8 Å². The average molecular weight is 430 g/mol. The molecule has 0 atom stereocenters. The number of anilines is 2. The van der Waals surface area contributed by atoms with Crippen molar-refractivity contribution in [3.63, 3.8) is 0 Å². The highest BCUT2D eigenvalue weighted by Gasteiger charge is 2.24. The van der Waals surface area contributed by atoms with Gasteiger partial charge in [-0.05, 0) is 30.3 Å². The van der Waals surface area contributed by atoms with Gasteiger partial charge in [0.15, 0.2) is 0 Å². The van der Waals surface area contributed by atoms with Crippen molar-refractivity contribution in [2.45, 2.75) is 6.42 Å². The molecule has 2 amide bonds. The number of benzene rings is 3. The van der Waals surface area contributed by atoms with Crippen molar-refractivity contribution in [1.29, 1.82) is 0 Å². The van der Waals surface area contributed by atoms with Crippen LogP contribution in [0.15, 0.2) is 78.9 Å². The van der Waals surface area contributed by atoms with Gasteiger partial charge in [0.1, 0.15) is 5.75 Å². The molecule has 6 heteroatoms. The van der Waals surface area contributed by atoms with Gasteiger partial charge in [0.2, 0.25) is 5.91 Å². The van der Waals surface area contributed by atoms with Crippen molar-refractivity contribution in [3.8, 4) is 5.75 Å². The Balaban J connectivity index is 1.42. The average Bonchev–Trinajstić information content (AvgIpc) is 2.85. The molecule has 3 aromatic rings. The molecule has 32 heavy (non-hydrogen) atoms. The van der Waals surface area contributed by atoms with Crippen LogP contribution in [0.2, 0.25) is 0 Å². The van der Waals surface area contributed by atoms with Crippen molar-refractivity contribution in [1.82, 2.24) is 4.90 Å².